The molecular formula is C20H26N2O4. The third-order valence-corrected chi connectivity index (χ3v) is 4.39. The number of allylic oxidation sites excluding steroid dienone is 3. The highest BCUT2D eigenvalue weighted by atomic mass is 16.5. The van der Waals surface area contributed by atoms with Crippen molar-refractivity contribution in [3.05, 3.63) is 47.2 Å². The Labute approximate surface area is 154 Å². The minimum absolute atomic E-state index is 0.331. The van der Waals surface area contributed by atoms with Crippen LogP contribution in [0, 0.1) is 12.8 Å². The number of carbonyl (C=O) groups is 2. The van der Waals surface area contributed by atoms with E-state index >= 15 is 0 Å². The number of ether oxygens (including phenoxy) is 2. The van der Waals surface area contributed by atoms with Crippen LogP contribution in [0.3, 0.4) is 0 Å². The molecule has 1 unspecified atom stereocenters. The first kappa shape index (κ1) is 19.6. The summed E-state index contributed by atoms with van der Waals surface area (Å²) in [5.74, 6) is 0.679. The fourth-order valence-electron chi connectivity index (χ4n) is 2.88. The van der Waals surface area contributed by atoms with E-state index in [1.165, 1.54) is 5.57 Å². The zero-order chi connectivity index (χ0) is 19.1. The Bertz CT molecular complexity index is 737. The van der Waals surface area contributed by atoms with Gasteiger partial charge in [-0.3, -0.25) is 9.59 Å². The zero-order valence-electron chi connectivity index (χ0n) is 15.7. The summed E-state index contributed by atoms with van der Waals surface area (Å²) in [5, 5.41) is 5.29. The van der Waals surface area contributed by atoms with Crippen molar-refractivity contribution in [3.63, 3.8) is 0 Å². The van der Waals surface area contributed by atoms with Gasteiger partial charge in [-0.25, -0.2) is 0 Å². The first-order chi connectivity index (χ1) is 12.4. The summed E-state index contributed by atoms with van der Waals surface area (Å²) in [6, 6.07) is 5.25. The van der Waals surface area contributed by atoms with E-state index in [1.54, 1.807) is 32.4 Å². The van der Waals surface area contributed by atoms with Crippen molar-refractivity contribution in [2.75, 3.05) is 26.1 Å². The largest absolute Gasteiger partial charge is 0.501 e. The van der Waals surface area contributed by atoms with Crippen molar-refractivity contribution >= 4 is 17.5 Å². The van der Waals surface area contributed by atoms with Gasteiger partial charge in [0.2, 0.25) is 0 Å². The van der Waals surface area contributed by atoms with E-state index in [-0.39, 0.29) is 0 Å². The van der Waals surface area contributed by atoms with Gasteiger partial charge in [0, 0.05) is 18.2 Å². The Morgan fingerprint density at radius 3 is 2.54 bits per heavy atom. The van der Waals surface area contributed by atoms with E-state index in [9.17, 15) is 9.59 Å². The van der Waals surface area contributed by atoms with Gasteiger partial charge in [0.25, 0.3) is 0 Å². The van der Waals surface area contributed by atoms with Crippen molar-refractivity contribution in [3.8, 4) is 5.75 Å². The Morgan fingerprint density at radius 1 is 1.15 bits per heavy atom. The normalized spacial score (nSPS) is 16.2. The van der Waals surface area contributed by atoms with Gasteiger partial charge in [-0.15, -0.1) is 0 Å². The van der Waals surface area contributed by atoms with Crippen molar-refractivity contribution in [1.82, 2.24) is 5.32 Å². The molecule has 0 saturated carbocycles. The monoisotopic (exact) mass is 358 g/mol. The fourth-order valence-corrected chi connectivity index (χ4v) is 2.88. The Kier molecular flexibility index (Phi) is 6.83. The number of anilines is 1. The molecule has 0 saturated heterocycles. The molecule has 2 rings (SSSR count). The van der Waals surface area contributed by atoms with Gasteiger partial charge >= 0.3 is 11.8 Å². The second-order valence-electron chi connectivity index (χ2n) is 6.34. The number of aryl methyl sites for hydroxylation is 1. The van der Waals surface area contributed by atoms with Crippen LogP contribution in [0.2, 0.25) is 0 Å². The SMILES string of the molecule is COC1=CC=C(CCNC(=O)C(=O)Nc2ccc(OC)cc2C)CC1C. The third-order valence-electron chi connectivity index (χ3n) is 4.39. The lowest BCUT2D eigenvalue weighted by atomic mass is 9.92. The molecule has 6 heteroatoms. The van der Waals surface area contributed by atoms with Gasteiger partial charge < -0.3 is 20.1 Å². The van der Waals surface area contributed by atoms with Gasteiger partial charge in [0.1, 0.15) is 5.75 Å². The maximum atomic E-state index is 12.0. The van der Waals surface area contributed by atoms with Gasteiger partial charge in [-0.05, 0) is 49.6 Å². The van der Waals surface area contributed by atoms with Crippen LogP contribution < -0.4 is 15.4 Å². The summed E-state index contributed by atoms with van der Waals surface area (Å²) in [7, 11) is 3.25. The molecule has 26 heavy (non-hydrogen) atoms. The minimum Gasteiger partial charge on any atom is -0.501 e. The van der Waals surface area contributed by atoms with E-state index in [0.29, 0.717) is 30.3 Å². The molecule has 0 bridgehead atoms. The number of methoxy groups -OCH3 is 2. The van der Waals surface area contributed by atoms with E-state index in [1.807, 2.05) is 19.1 Å². The Morgan fingerprint density at radius 2 is 1.92 bits per heavy atom. The number of nitrogens with one attached hydrogen (secondary N) is 2. The van der Waals surface area contributed by atoms with Crippen molar-refractivity contribution in [2.45, 2.75) is 26.7 Å². The lowest BCUT2D eigenvalue weighted by Gasteiger charge is -2.20. The number of hydrogen-bond acceptors (Lipinski definition) is 4. The number of rotatable bonds is 6. The minimum atomic E-state index is -0.675. The molecule has 2 N–H and O–H groups in total. The molecule has 1 aliphatic rings. The molecule has 0 spiro atoms. The van der Waals surface area contributed by atoms with Crippen LogP contribution in [-0.4, -0.2) is 32.6 Å². The average molecular weight is 358 g/mol. The summed E-state index contributed by atoms with van der Waals surface area (Å²) in [5.41, 5.74) is 2.64. The Hall–Kier alpha value is -2.76. The molecule has 1 atom stereocenters. The second kappa shape index (κ2) is 9.08. The lowest BCUT2D eigenvalue weighted by molar-refractivity contribution is -0.136. The Balaban J connectivity index is 1.82. The highest BCUT2D eigenvalue weighted by molar-refractivity contribution is 6.39. The highest BCUT2D eigenvalue weighted by Gasteiger charge is 2.17. The molecule has 140 valence electrons. The molecule has 1 aromatic rings. The van der Waals surface area contributed by atoms with Crippen LogP contribution in [0.1, 0.15) is 25.3 Å². The summed E-state index contributed by atoms with van der Waals surface area (Å²) in [6.07, 6.45) is 5.58. The van der Waals surface area contributed by atoms with Gasteiger partial charge in [-0.2, -0.15) is 0 Å². The van der Waals surface area contributed by atoms with E-state index < -0.39 is 11.8 Å². The van der Waals surface area contributed by atoms with E-state index in [2.05, 4.69) is 17.6 Å². The van der Waals surface area contributed by atoms with Crippen molar-refractivity contribution in [1.29, 1.82) is 0 Å². The summed E-state index contributed by atoms with van der Waals surface area (Å²) >= 11 is 0. The maximum absolute atomic E-state index is 12.0. The van der Waals surface area contributed by atoms with Crippen molar-refractivity contribution in [2.24, 2.45) is 5.92 Å². The zero-order valence-corrected chi connectivity index (χ0v) is 15.7. The second-order valence-corrected chi connectivity index (χ2v) is 6.34. The predicted octanol–water partition coefficient (Wildman–Crippen LogP) is 2.94. The first-order valence-electron chi connectivity index (χ1n) is 8.62. The molecular weight excluding hydrogens is 332 g/mol. The topological polar surface area (TPSA) is 76.7 Å². The van der Waals surface area contributed by atoms with Crippen LogP contribution in [0.5, 0.6) is 5.75 Å². The standard InChI is InChI=1S/C20H26N2O4/c1-13-12-16(25-3)6-7-17(13)22-20(24)19(23)21-10-9-15-5-8-18(26-4)14(2)11-15/h5-8,12,14H,9-11H2,1-4H3,(H,21,23)(H,22,24). The molecule has 0 aromatic heterocycles. The van der Waals surface area contributed by atoms with E-state index in [0.717, 1.165) is 17.7 Å². The van der Waals surface area contributed by atoms with Crippen LogP contribution in [0.4, 0.5) is 5.69 Å². The summed E-state index contributed by atoms with van der Waals surface area (Å²) in [6.45, 7) is 4.36. The molecule has 0 fully saturated rings. The van der Waals surface area contributed by atoms with Crippen LogP contribution >= 0.6 is 0 Å². The quantitative estimate of drug-likeness (QED) is 0.767. The van der Waals surface area contributed by atoms with Crippen LogP contribution in [-0.2, 0) is 14.3 Å². The van der Waals surface area contributed by atoms with Crippen LogP contribution in [0.25, 0.3) is 0 Å². The first-order valence-corrected chi connectivity index (χ1v) is 8.62. The number of carbonyl (C=O) groups excluding carboxylic acids is 2. The maximum Gasteiger partial charge on any atom is 0.313 e. The highest BCUT2D eigenvalue weighted by Crippen LogP contribution is 2.26. The molecule has 1 aliphatic carbocycles. The number of amides is 2. The molecule has 0 radical (unpaired) electrons. The molecule has 0 heterocycles. The van der Waals surface area contributed by atoms with Gasteiger partial charge in [-0.1, -0.05) is 18.6 Å². The fraction of sp³-hybridized carbons (Fsp3) is 0.400. The molecule has 6 nitrogen and oxygen atoms in total. The summed E-state index contributed by atoms with van der Waals surface area (Å²) < 4.78 is 10.4. The van der Waals surface area contributed by atoms with E-state index in [4.69, 9.17) is 9.47 Å². The molecule has 1 aromatic carbocycles. The lowest BCUT2D eigenvalue weighted by Crippen LogP contribution is -2.36. The number of hydrogen-bond donors (Lipinski definition) is 2. The predicted molar refractivity (Wildman–Crippen MR) is 101 cm³/mol. The van der Waals surface area contributed by atoms with Crippen molar-refractivity contribution < 1.29 is 19.1 Å². The summed E-state index contributed by atoms with van der Waals surface area (Å²) in [4.78, 5) is 24.0. The number of benzene rings is 1. The molecule has 2 amide bonds. The molecule has 0 aliphatic heterocycles. The van der Waals surface area contributed by atoms with Crippen LogP contribution in [0.15, 0.2) is 41.7 Å². The van der Waals surface area contributed by atoms with Gasteiger partial charge in [0.05, 0.1) is 20.0 Å². The smallest absolute Gasteiger partial charge is 0.313 e. The average Bonchev–Trinajstić information content (AvgIpc) is 2.63. The van der Waals surface area contributed by atoms with Gasteiger partial charge in [0.15, 0.2) is 0 Å². The third kappa shape index (κ3) is 5.12.